The summed E-state index contributed by atoms with van der Waals surface area (Å²) in [5.74, 6) is -2.08. The third-order valence-electron chi connectivity index (χ3n) is 3.72. The fraction of sp³-hybridized carbons (Fsp3) is 0.211. The Balaban J connectivity index is 1.81. The molecular weight excluding hydrogens is 318 g/mol. The van der Waals surface area contributed by atoms with Crippen LogP contribution in [-0.4, -0.2) is 24.3 Å². The van der Waals surface area contributed by atoms with Gasteiger partial charge in [-0.2, -0.15) is 0 Å². The van der Waals surface area contributed by atoms with Crippen LogP contribution in [0.5, 0.6) is 0 Å². The van der Waals surface area contributed by atoms with E-state index >= 15 is 0 Å². The zero-order chi connectivity index (χ0) is 18.4. The topological polar surface area (TPSA) is 87.3 Å². The molecule has 0 aliphatic carbocycles. The summed E-state index contributed by atoms with van der Waals surface area (Å²) in [6.45, 7) is 5.57. The normalized spacial score (nSPS) is 10.0. The number of amides is 3. The molecule has 0 spiro atoms. The second kappa shape index (κ2) is 8.10. The van der Waals surface area contributed by atoms with E-state index in [0.717, 1.165) is 16.7 Å². The van der Waals surface area contributed by atoms with Crippen LogP contribution in [0.1, 0.15) is 16.7 Å². The Bertz CT molecular complexity index is 798. The second-order valence-electron chi connectivity index (χ2n) is 5.85. The summed E-state index contributed by atoms with van der Waals surface area (Å²) in [5.41, 5.74) is 4.39. The highest BCUT2D eigenvalue weighted by atomic mass is 16.2. The maximum Gasteiger partial charge on any atom is 0.313 e. The molecule has 25 heavy (non-hydrogen) atoms. The lowest BCUT2D eigenvalue weighted by atomic mass is 10.1. The van der Waals surface area contributed by atoms with Crippen molar-refractivity contribution >= 4 is 29.1 Å². The van der Waals surface area contributed by atoms with Gasteiger partial charge in [0, 0.05) is 11.4 Å². The molecule has 0 unspecified atom stereocenters. The predicted molar refractivity (Wildman–Crippen MR) is 97.4 cm³/mol. The highest BCUT2D eigenvalue weighted by Crippen LogP contribution is 2.13. The van der Waals surface area contributed by atoms with Crippen molar-refractivity contribution in [3.63, 3.8) is 0 Å². The summed E-state index contributed by atoms with van der Waals surface area (Å²) in [6, 6.07) is 12.6. The standard InChI is InChI=1S/C19H21N3O3/c1-12-4-7-15(8-5-12)22-19(25)18(24)20-11-17(23)21-16-9-6-13(2)14(3)10-16/h4-10H,11H2,1-3H3,(H,20,24)(H,21,23)(H,22,25). The van der Waals surface area contributed by atoms with Gasteiger partial charge in [0.25, 0.3) is 0 Å². The Hall–Kier alpha value is -3.15. The van der Waals surface area contributed by atoms with Crippen molar-refractivity contribution in [2.75, 3.05) is 17.2 Å². The molecule has 2 rings (SSSR count). The van der Waals surface area contributed by atoms with Gasteiger partial charge in [0.1, 0.15) is 0 Å². The fourth-order valence-corrected chi connectivity index (χ4v) is 2.09. The SMILES string of the molecule is Cc1ccc(NC(=O)C(=O)NCC(=O)Nc2ccc(C)c(C)c2)cc1. The van der Waals surface area contributed by atoms with Gasteiger partial charge in [-0.25, -0.2) is 0 Å². The minimum absolute atomic E-state index is 0.285. The van der Waals surface area contributed by atoms with Gasteiger partial charge in [0.15, 0.2) is 0 Å². The van der Waals surface area contributed by atoms with Crippen molar-refractivity contribution in [3.8, 4) is 0 Å². The molecule has 0 saturated heterocycles. The van der Waals surface area contributed by atoms with E-state index in [-0.39, 0.29) is 6.54 Å². The summed E-state index contributed by atoms with van der Waals surface area (Å²) >= 11 is 0. The Morgan fingerprint density at radius 1 is 0.760 bits per heavy atom. The summed E-state index contributed by atoms with van der Waals surface area (Å²) < 4.78 is 0. The molecule has 0 aliphatic heterocycles. The lowest BCUT2D eigenvalue weighted by molar-refractivity contribution is -0.136. The van der Waals surface area contributed by atoms with Gasteiger partial charge in [0.2, 0.25) is 5.91 Å². The van der Waals surface area contributed by atoms with E-state index in [0.29, 0.717) is 11.4 Å². The fourth-order valence-electron chi connectivity index (χ4n) is 2.09. The van der Waals surface area contributed by atoms with E-state index in [1.54, 1.807) is 18.2 Å². The quantitative estimate of drug-likeness (QED) is 0.747. The molecule has 0 bridgehead atoms. The van der Waals surface area contributed by atoms with Gasteiger partial charge in [-0.05, 0) is 56.2 Å². The average Bonchev–Trinajstić information content (AvgIpc) is 2.58. The lowest BCUT2D eigenvalue weighted by Gasteiger charge is -2.09. The Morgan fingerprint density at radius 2 is 1.40 bits per heavy atom. The van der Waals surface area contributed by atoms with Gasteiger partial charge in [-0.15, -0.1) is 0 Å². The number of nitrogens with one attached hydrogen (secondary N) is 3. The Kier molecular flexibility index (Phi) is 5.89. The lowest BCUT2D eigenvalue weighted by Crippen LogP contribution is -2.39. The number of anilines is 2. The first-order chi connectivity index (χ1) is 11.8. The molecule has 0 radical (unpaired) electrons. The molecule has 0 aliphatic rings. The number of benzene rings is 2. The van der Waals surface area contributed by atoms with Crippen molar-refractivity contribution in [1.29, 1.82) is 0 Å². The molecule has 2 aromatic carbocycles. The van der Waals surface area contributed by atoms with E-state index in [9.17, 15) is 14.4 Å². The third-order valence-corrected chi connectivity index (χ3v) is 3.72. The molecule has 3 N–H and O–H groups in total. The first-order valence-electron chi connectivity index (χ1n) is 7.88. The first kappa shape index (κ1) is 18.2. The summed E-state index contributed by atoms with van der Waals surface area (Å²) in [6.07, 6.45) is 0. The van der Waals surface area contributed by atoms with E-state index < -0.39 is 17.7 Å². The van der Waals surface area contributed by atoms with Crippen LogP contribution in [0.15, 0.2) is 42.5 Å². The number of hydrogen-bond acceptors (Lipinski definition) is 3. The maximum absolute atomic E-state index is 11.9. The number of hydrogen-bond donors (Lipinski definition) is 3. The van der Waals surface area contributed by atoms with Crippen molar-refractivity contribution in [2.24, 2.45) is 0 Å². The minimum atomic E-state index is -0.865. The number of aryl methyl sites for hydroxylation is 3. The molecule has 130 valence electrons. The van der Waals surface area contributed by atoms with Crippen LogP contribution >= 0.6 is 0 Å². The van der Waals surface area contributed by atoms with Gasteiger partial charge in [-0.3, -0.25) is 14.4 Å². The van der Waals surface area contributed by atoms with E-state index in [2.05, 4.69) is 16.0 Å². The van der Waals surface area contributed by atoms with Crippen LogP contribution in [0.25, 0.3) is 0 Å². The maximum atomic E-state index is 11.9. The van der Waals surface area contributed by atoms with Crippen LogP contribution in [0.2, 0.25) is 0 Å². The van der Waals surface area contributed by atoms with Crippen molar-refractivity contribution in [3.05, 3.63) is 59.2 Å². The molecule has 6 nitrogen and oxygen atoms in total. The number of carbonyl (C=O) groups excluding carboxylic acids is 3. The van der Waals surface area contributed by atoms with E-state index in [4.69, 9.17) is 0 Å². The molecule has 0 saturated carbocycles. The molecule has 0 atom stereocenters. The number of rotatable bonds is 4. The highest BCUT2D eigenvalue weighted by Gasteiger charge is 2.15. The first-order valence-corrected chi connectivity index (χ1v) is 7.88. The summed E-state index contributed by atoms with van der Waals surface area (Å²) in [5, 5.41) is 7.45. The molecular formula is C19H21N3O3. The highest BCUT2D eigenvalue weighted by molar-refractivity contribution is 6.39. The molecule has 6 heteroatoms. The Morgan fingerprint density at radius 3 is 2.04 bits per heavy atom. The van der Waals surface area contributed by atoms with Crippen molar-refractivity contribution in [1.82, 2.24) is 5.32 Å². The molecule has 0 heterocycles. The second-order valence-corrected chi connectivity index (χ2v) is 5.85. The van der Waals surface area contributed by atoms with Gasteiger partial charge in [-0.1, -0.05) is 23.8 Å². The molecule has 0 fully saturated rings. The zero-order valence-electron chi connectivity index (χ0n) is 14.5. The van der Waals surface area contributed by atoms with Crippen LogP contribution < -0.4 is 16.0 Å². The number of carbonyl (C=O) groups is 3. The largest absolute Gasteiger partial charge is 0.339 e. The minimum Gasteiger partial charge on any atom is -0.339 e. The van der Waals surface area contributed by atoms with Crippen LogP contribution in [-0.2, 0) is 14.4 Å². The third kappa shape index (κ3) is 5.46. The Labute approximate surface area is 146 Å². The average molecular weight is 339 g/mol. The van der Waals surface area contributed by atoms with Gasteiger partial charge in [0.05, 0.1) is 6.54 Å². The monoisotopic (exact) mass is 339 g/mol. The zero-order valence-corrected chi connectivity index (χ0v) is 14.5. The van der Waals surface area contributed by atoms with E-state index in [1.807, 2.05) is 45.0 Å². The van der Waals surface area contributed by atoms with E-state index in [1.165, 1.54) is 0 Å². The van der Waals surface area contributed by atoms with Crippen LogP contribution in [0.3, 0.4) is 0 Å². The predicted octanol–water partition coefficient (Wildman–Crippen LogP) is 2.31. The van der Waals surface area contributed by atoms with Crippen molar-refractivity contribution < 1.29 is 14.4 Å². The summed E-state index contributed by atoms with van der Waals surface area (Å²) in [7, 11) is 0. The molecule has 2 aromatic rings. The van der Waals surface area contributed by atoms with Gasteiger partial charge < -0.3 is 16.0 Å². The van der Waals surface area contributed by atoms with Crippen LogP contribution in [0, 0.1) is 20.8 Å². The van der Waals surface area contributed by atoms with Gasteiger partial charge >= 0.3 is 11.8 Å². The summed E-state index contributed by atoms with van der Waals surface area (Å²) in [4.78, 5) is 35.4. The van der Waals surface area contributed by atoms with Crippen LogP contribution in [0.4, 0.5) is 11.4 Å². The molecule has 0 aromatic heterocycles. The molecule has 3 amide bonds. The van der Waals surface area contributed by atoms with Crippen molar-refractivity contribution in [2.45, 2.75) is 20.8 Å². The smallest absolute Gasteiger partial charge is 0.313 e.